The van der Waals surface area contributed by atoms with Crippen LogP contribution in [0, 0.1) is 0 Å². The monoisotopic (exact) mass is 330 g/mol. The minimum atomic E-state index is -5.94. The van der Waals surface area contributed by atoms with Gasteiger partial charge in [0.1, 0.15) is 0 Å². The van der Waals surface area contributed by atoms with Crippen molar-refractivity contribution in [3.63, 3.8) is 0 Å². The van der Waals surface area contributed by atoms with Crippen LogP contribution in [0.15, 0.2) is 12.4 Å². The first-order chi connectivity index (χ1) is 10.1. The molecule has 22 heavy (non-hydrogen) atoms. The lowest BCUT2D eigenvalue weighted by Crippen LogP contribution is -2.54. The number of nitrogens with zero attached hydrogens (tertiary/aromatic N) is 3. The highest BCUT2D eigenvalue weighted by atomic mass is 19.4. The predicted octanol–water partition coefficient (Wildman–Crippen LogP) is 1.20. The molecule has 0 saturated carbocycles. The second-order valence-corrected chi connectivity index (χ2v) is 4.71. The molecular formula is C11H12F6N4O. The summed E-state index contributed by atoms with van der Waals surface area (Å²) in [6.45, 7) is 2.14. The number of piperazine rings is 1. The van der Waals surface area contributed by atoms with Crippen LogP contribution >= 0.6 is 0 Å². The smallest absolute Gasteiger partial charge is 0.369 e. The fourth-order valence-corrected chi connectivity index (χ4v) is 2.02. The SMILES string of the molecule is OC(c1cnc(N2CCNCC2)nc1)(C(F)(F)F)C(F)(F)F. The van der Waals surface area contributed by atoms with Gasteiger partial charge in [-0.3, -0.25) is 0 Å². The van der Waals surface area contributed by atoms with Crippen LogP contribution in [0.2, 0.25) is 0 Å². The van der Waals surface area contributed by atoms with Gasteiger partial charge in [0.05, 0.1) is 0 Å². The standard InChI is InChI=1S/C11H12F6N4O/c12-10(13,14)9(22,11(15,16)17)7-5-19-8(20-6-7)21-3-1-18-2-4-21/h5-6,18,22H,1-4H2. The zero-order valence-corrected chi connectivity index (χ0v) is 11.0. The molecule has 0 atom stereocenters. The summed E-state index contributed by atoms with van der Waals surface area (Å²) in [4.78, 5) is 8.66. The van der Waals surface area contributed by atoms with E-state index in [1.807, 2.05) is 0 Å². The molecule has 0 spiro atoms. The van der Waals surface area contributed by atoms with E-state index in [9.17, 15) is 31.4 Å². The minimum absolute atomic E-state index is 0.0111. The van der Waals surface area contributed by atoms with Crippen molar-refractivity contribution in [2.45, 2.75) is 18.0 Å². The second kappa shape index (κ2) is 5.54. The lowest BCUT2D eigenvalue weighted by atomic mass is 9.95. The Bertz CT molecular complexity index is 495. The summed E-state index contributed by atoms with van der Waals surface area (Å²) in [6, 6.07) is 0. The number of hydrogen-bond donors (Lipinski definition) is 2. The van der Waals surface area contributed by atoms with Crippen LogP contribution in [0.5, 0.6) is 0 Å². The third kappa shape index (κ3) is 2.82. The molecule has 0 bridgehead atoms. The van der Waals surface area contributed by atoms with Gasteiger partial charge in [-0.25, -0.2) is 9.97 Å². The summed E-state index contributed by atoms with van der Waals surface area (Å²) in [7, 11) is 0. The first kappa shape index (κ1) is 16.7. The van der Waals surface area contributed by atoms with Crippen molar-refractivity contribution in [1.29, 1.82) is 0 Å². The number of hydrogen-bond acceptors (Lipinski definition) is 5. The van der Waals surface area contributed by atoms with Gasteiger partial charge in [-0.2, -0.15) is 26.3 Å². The lowest BCUT2D eigenvalue weighted by Gasteiger charge is -2.32. The Morgan fingerprint density at radius 2 is 1.41 bits per heavy atom. The molecule has 1 fully saturated rings. The van der Waals surface area contributed by atoms with E-state index in [1.165, 1.54) is 0 Å². The summed E-state index contributed by atoms with van der Waals surface area (Å²) in [6.07, 6.45) is -11.2. The molecule has 11 heteroatoms. The number of aromatic nitrogens is 2. The van der Waals surface area contributed by atoms with E-state index in [0.29, 0.717) is 38.6 Å². The molecule has 0 radical (unpaired) electrons. The summed E-state index contributed by atoms with van der Waals surface area (Å²) < 4.78 is 76.2. The number of halogens is 6. The maximum absolute atomic E-state index is 12.7. The Kier molecular flexibility index (Phi) is 4.22. The quantitative estimate of drug-likeness (QED) is 0.798. The summed E-state index contributed by atoms with van der Waals surface area (Å²) >= 11 is 0. The molecule has 0 unspecified atom stereocenters. The molecule has 1 aromatic heterocycles. The third-order valence-corrected chi connectivity index (χ3v) is 3.28. The zero-order chi connectivity index (χ0) is 16.6. The van der Waals surface area contributed by atoms with E-state index in [-0.39, 0.29) is 5.95 Å². The molecule has 1 aliphatic heterocycles. The third-order valence-electron chi connectivity index (χ3n) is 3.28. The number of nitrogens with one attached hydrogen (secondary N) is 1. The molecule has 0 aromatic carbocycles. The Morgan fingerprint density at radius 3 is 1.82 bits per heavy atom. The molecule has 1 aliphatic rings. The van der Waals surface area contributed by atoms with Crippen molar-refractivity contribution in [2.24, 2.45) is 0 Å². The Hall–Kier alpha value is -1.62. The fourth-order valence-electron chi connectivity index (χ4n) is 2.02. The largest absolute Gasteiger partial charge is 0.430 e. The predicted molar refractivity (Wildman–Crippen MR) is 63.1 cm³/mol. The van der Waals surface area contributed by atoms with Gasteiger partial charge in [0.15, 0.2) is 0 Å². The second-order valence-electron chi connectivity index (χ2n) is 4.71. The first-order valence-electron chi connectivity index (χ1n) is 6.21. The highest BCUT2D eigenvalue weighted by Crippen LogP contribution is 2.49. The van der Waals surface area contributed by atoms with Crippen molar-refractivity contribution in [3.05, 3.63) is 18.0 Å². The van der Waals surface area contributed by atoms with Crippen molar-refractivity contribution < 1.29 is 31.4 Å². The van der Waals surface area contributed by atoms with Crippen molar-refractivity contribution in [3.8, 4) is 0 Å². The van der Waals surface area contributed by atoms with Crippen LogP contribution < -0.4 is 10.2 Å². The Morgan fingerprint density at radius 1 is 0.955 bits per heavy atom. The van der Waals surface area contributed by atoms with E-state index in [0.717, 1.165) is 0 Å². The molecule has 1 aromatic rings. The van der Waals surface area contributed by atoms with Crippen molar-refractivity contribution >= 4 is 5.95 Å². The van der Waals surface area contributed by atoms with Crippen LogP contribution in [0.4, 0.5) is 32.3 Å². The van der Waals surface area contributed by atoms with E-state index in [4.69, 9.17) is 0 Å². The van der Waals surface area contributed by atoms with Crippen LogP contribution in [-0.4, -0.2) is 53.6 Å². The highest BCUT2D eigenvalue weighted by molar-refractivity contribution is 5.33. The number of anilines is 1. The zero-order valence-electron chi connectivity index (χ0n) is 11.0. The van der Waals surface area contributed by atoms with Gasteiger partial charge in [-0.05, 0) is 0 Å². The maximum atomic E-state index is 12.7. The van der Waals surface area contributed by atoms with Crippen LogP contribution in [0.1, 0.15) is 5.56 Å². The van der Waals surface area contributed by atoms with Gasteiger partial charge in [-0.15, -0.1) is 0 Å². The van der Waals surface area contributed by atoms with Crippen LogP contribution in [-0.2, 0) is 5.60 Å². The average Bonchev–Trinajstić information content (AvgIpc) is 2.45. The fraction of sp³-hybridized carbons (Fsp3) is 0.636. The van der Waals surface area contributed by atoms with E-state index < -0.39 is 23.5 Å². The van der Waals surface area contributed by atoms with Crippen LogP contribution in [0.3, 0.4) is 0 Å². The van der Waals surface area contributed by atoms with Crippen LogP contribution in [0.25, 0.3) is 0 Å². The first-order valence-corrected chi connectivity index (χ1v) is 6.21. The normalized spacial score (nSPS) is 17.7. The van der Waals surface area contributed by atoms with Crippen molar-refractivity contribution in [1.82, 2.24) is 15.3 Å². The summed E-state index contributed by atoms with van der Waals surface area (Å²) in [5, 5.41) is 12.2. The van der Waals surface area contributed by atoms with Gasteiger partial charge in [0, 0.05) is 44.1 Å². The highest BCUT2D eigenvalue weighted by Gasteiger charge is 2.71. The van der Waals surface area contributed by atoms with Gasteiger partial charge in [0.25, 0.3) is 5.60 Å². The minimum Gasteiger partial charge on any atom is -0.369 e. The average molecular weight is 330 g/mol. The molecule has 0 amide bonds. The van der Waals surface area contributed by atoms with E-state index in [1.54, 1.807) is 4.90 Å². The van der Waals surface area contributed by atoms with E-state index >= 15 is 0 Å². The topological polar surface area (TPSA) is 61.3 Å². The molecule has 0 aliphatic carbocycles. The maximum Gasteiger partial charge on any atom is 0.430 e. The summed E-state index contributed by atoms with van der Waals surface area (Å²) in [5.74, 6) is 0.0111. The molecule has 2 rings (SSSR count). The van der Waals surface area contributed by atoms with Gasteiger partial charge in [-0.1, -0.05) is 0 Å². The molecule has 124 valence electrons. The molecule has 2 heterocycles. The van der Waals surface area contributed by atoms with E-state index in [2.05, 4.69) is 15.3 Å². The molecule has 1 saturated heterocycles. The molecule has 2 N–H and O–H groups in total. The molecular weight excluding hydrogens is 318 g/mol. The lowest BCUT2D eigenvalue weighted by molar-refractivity contribution is -0.376. The van der Waals surface area contributed by atoms with Gasteiger partial charge >= 0.3 is 12.4 Å². The van der Waals surface area contributed by atoms with Gasteiger partial charge in [0.2, 0.25) is 5.95 Å². The Labute approximate surface area is 121 Å². The Balaban J connectivity index is 2.34. The van der Waals surface area contributed by atoms with Gasteiger partial charge < -0.3 is 15.3 Å². The number of rotatable bonds is 2. The molecule has 5 nitrogen and oxygen atoms in total. The number of alkyl halides is 6. The summed E-state index contributed by atoms with van der Waals surface area (Å²) in [5.41, 5.74) is -6.46. The number of aliphatic hydroxyl groups is 1. The van der Waals surface area contributed by atoms with Crippen molar-refractivity contribution in [2.75, 3.05) is 31.1 Å².